The Balaban J connectivity index is 2.19. The van der Waals surface area contributed by atoms with E-state index in [1.54, 1.807) is 0 Å². The van der Waals surface area contributed by atoms with Crippen LogP contribution in [-0.4, -0.2) is 4.43 Å². The minimum Gasteiger partial charge on any atom is -0.0862 e. The fourth-order valence-corrected chi connectivity index (χ4v) is 0.634. The fourth-order valence-electron chi connectivity index (χ4n) is 0.0945. The average molecular weight is 183 g/mol. The Morgan fingerprint density at radius 1 is 1.60 bits per heavy atom. The lowest BCUT2D eigenvalue weighted by Crippen LogP contribution is -1.64. The molecule has 0 aromatic rings. The molecule has 30 valence electrons. The molecule has 0 aromatic carbocycles. The number of hydrogen-bond donors (Lipinski definition) is 0. The molecule has 0 aliphatic rings. The van der Waals surface area contributed by atoms with Crippen molar-refractivity contribution < 1.29 is 0 Å². The Morgan fingerprint density at radius 2 is 2.20 bits per heavy atom. The van der Waals surface area contributed by atoms with Crippen LogP contribution in [0, 0.1) is 6.92 Å². The highest BCUT2D eigenvalue weighted by Crippen LogP contribution is 1.89. The highest BCUT2D eigenvalue weighted by atomic mass is 127. The molecule has 0 radical (unpaired) electrons. The molecule has 0 fully saturated rings. The molecule has 0 saturated heterocycles. The molecule has 0 amide bonds. The second kappa shape index (κ2) is 4.60. The molecule has 1 heteroatoms. The Morgan fingerprint density at radius 3 is 2.20 bits per heavy atom. The summed E-state index contributed by atoms with van der Waals surface area (Å²) >= 11 is 2.35. The second-order valence-corrected chi connectivity index (χ2v) is 1.97. The molecule has 0 nitrogen and oxygen atoms in total. The molecule has 0 spiro atoms. The second-order valence-electron chi connectivity index (χ2n) is 0.896. The summed E-state index contributed by atoms with van der Waals surface area (Å²) in [5.74, 6) is 0. The van der Waals surface area contributed by atoms with E-state index in [9.17, 15) is 0 Å². The number of alkyl halides is 1. The molecule has 0 atom stereocenters. The van der Waals surface area contributed by atoms with E-state index in [2.05, 4.69) is 29.5 Å². The maximum Gasteiger partial charge on any atom is 0.0858 e. The van der Waals surface area contributed by atoms with E-state index < -0.39 is 0 Å². The van der Waals surface area contributed by atoms with E-state index >= 15 is 0 Å². The highest BCUT2D eigenvalue weighted by Gasteiger charge is 1.76. The lowest BCUT2D eigenvalue weighted by molar-refractivity contribution is 0.984. The third-order valence-corrected chi connectivity index (χ3v) is 1.15. The molecule has 0 N–H and O–H groups in total. The third kappa shape index (κ3) is 4.60. The van der Waals surface area contributed by atoms with E-state index in [1.165, 1.54) is 10.8 Å². The van der Waals surface area contributed by atoms with E-state index in [0.717, 1.165) is 6.42 Å². The highest BCUT2D eigenvalue weighted by molar-refractivity contribution is 14.1. The Kier molecular flexibility index (Phi) is 5.15. The minimum atomic E-state index is 1.09. The van der Waals surface area contributed by atoms with Gasteiger partial charge in [0.15, 0.2) is 0 Å². The summed E-state index contributed by atoms with van der Waals surface area (Å²) in [4.78, 5) is 0. The molecule has 0 unspecified atom stereocenters. The molecule has 0 saturated carbocycles. The van der Waals surface area contributed by atoms with Gasteiger partial charge >= 0.3 is 0 Å². The first kappa shape index (κ1) is 5.60. The standard InChI is InChI=1S/C4H8I/c1-2-3-4-5/h1-4H2/q+1. The molecular weight excluding hydrogens is 175 g/mol. The Labute approximate surface area is 47.1 Å². The molecule has 0 heterocycles. The van der Waals surface area contributed by atoms with Gasteiger partial charge in [0.25, 0.3) is 0 Å². The molecule has 0 bridgehead atoms. The van der Waals surface area contributed by atoms with Crippen LogP contribution >= 0.6 is 22.6 Å². The van der Waals surface area contributed by atoms with Crippen molar-refractivity contribution in [3.8, 4) is 0 Å². The van der Waals surface area contributed by atoms with E-state index in [1.807, 2.05) is 0 Å². The van der Waals surface area contributed by atoms with Gasteiger partial charge in [0, 0.05) is 4.43 Å². The van der Waals surface area contributed by atoms with Gasteiger partial charge in [0.05, 0.1) is 13.3 Å². The van der Waals surface area contributed by atoms with Crippen LogP contribution < -0.4 is 0 Å². The summed E-state index contributed by atoms with van der Waals surface area (Å²) in [5.41, 5.74) is 0. The van der Waals surface area contributed by atoms with E-state index in [4.69, 9.17) is 0 Å². The molecule has 0 aromatic heterocycles. The molecule has 0 aliphatic carbocycles. The van der Waals surface area contributed by atoms with Gasteiger partial charge in [-0.05, 0) is 6.42 Å². The Bertz CT molecular complexity index is 11.1. The van der Waals surface area contributed by atoms with Gasteiger partial charge in [-0.15, -0.1) is 0 Å². The van der Waals surface area contributed by atoms with Crippen LogP contribution in [0.25, 0.3) is 0 Å². The first-order chi connectivity index (χ1) is 2.41. The van der Waals surface area contributed by atoms with Crippen molar-refractivity contribution in [2.24, 2.45) is 0 Å². The fraction of sp³-hybridized carbons (Fsp3) is 0.750. The SMILES string of the molecule is [CH2+]CCCI. The maximum absolute atomic E-state index is 3.67. The smallest absolute Gasteiger partial charge is 0.0858 e. The number of unbranched alkanes of at least 4 members (excludes halogenated alkanes) is 1. The van der Waals surface area contributed by atoms with Crippen molar-refractivity contribution >= 4 is 22.6 Å². The van der Waals surface area contributed by atoms with Crippen molar-refractivity contribution in [2.75, 3.05) is 4.43 Å². The zero-order valence-electron chi connectivity index (χ0n) is 3.21. The summed E-state index contributed by atoms with van der Waals surface area (Å²) < 4.78 is 1.25. The average Bonchev–Trinajstić information content (AvgIpc) is 1.41. The number of hydrogen-bond acceptors (Lipinski definition) is 0. The molecule has 0 aliphatic heterocycles. The molecule has 0 rings (SSSR count). The summed E-state index contributed by atoms with van der Waals surface area (Å²) in [7, 11) is 0. The first-order valence-electron chi connectivity index (χ1n) is 1.77. The van der Waals surface area contributed by atoms with Crippen molar-refractivity contribution in [3.63, 3.8) is 0 Å². The van der Waals surface area contributed by atoms with Crippen LogP contribution in [0.15, 0.2) is 0 Å². The number of rotatable bonds is 2. The van der Waals surface area contributed by atoms with Crippen LogP contribution in [0.1, 0.15) is 12.8 Å². The number of halogens is 1. The van der Waals surface area contributed by atoms with Crippen LogP contribution in [0.5, 0.6) is 0 Å². The topological polar surface area (TPSA) is 0 Å². The quantitative estimate of drug-likeness (QED) is 0.349. The van der Waals surface area contributed by atoms with Crippen LogP contribution in [0.4, 0.5) is 0 Å². The summed E-state index contributed by atoms with van der Waals surface area (Å²) in [5, 5.41) is 0. The normalized spacial score (nSPS) is 8.20. The van der Waals surface area contributed by atoms with Gasteiger partial charge in [0.2, 0.25) is 0 Å². The van der Waals surface area contributed by atoms with Gasteiger partial charge < -0.3 is 0 Å². The van der Waals surface area contributed by atoms with E-state index in [-0.39, 0.29) is 0 Å². The van der Waals surface area contributed by atoms with Gasteiger partial charge in [0.1, 0.15) is 0 Å². The van der Waals surface area contributed by atoms with Crippen molar-refractivity contribution in [1.82, 2.24) is 0 Å². The van der Waals surface area contributed by atoms with Gasteiger partial charge in [-0.1, -0.05) is 22.6 Å². The largest absolute Gasteiger partial charge is 0.0862 e. The Hall–Kier alpha value is 0.600. The van der Waals surface area contributed by atoms with Crippen LogP contribution in [0.2, 0.25) is 0 Å². The molecular formula is C4H8I+. The van der Waals surface area contributed by atoms with Crippen molar-refractivity contribution in [1.29, 1.82) is 0 Å². The lowest BCUT2D eigenvalue weighted by Gasteiger charge is -1.71. The van der Waals surface area contributed by atoms with E-state index in [0.29, 0.717) is 0 Å². The zero-order chi connectivity index (χ0) is 4.12. The molecule has 5 heavy (non-hydrogen) atoms. The zero-order valence-corrected chi connectivity index (χ0v) is 5.36. The van der Waals surface area contributed by atoms with Crippen molar-refractivity contribution in [3.05, 3.63) is 6.92 Å². The van der Waals surface area contributed by atoms with Gasteiger partial charge in [-0.3, -0.25) is 0 Å². The monoisotopic (exact) mass is 183 g/mol. The lowest BCUT2D eigenvalue weighted by atomic mass is 10.4. The summed E-state index contributed by atoms with van der Waals surface area (Å²) in [6, 6.07) is 0. The summed E-state index contributed by atoms with van der Waals surface area (Å²) in [6.07, 6.45) is 2.35. The summed E-state index contributed by atoms with van der Waals surface area (Å²) in [6.45, 7) is 3.67. The van der Waals surface area contributed by atoms with Gasteiger partial charge in [-0.25, -0.2) is 0 Å². The van der Waals surface area contributed by atoms with Gasteiger partial charge in [-0.2, -0.15) is 0 Å². The third-order valence-electron chi connectivity index (χ3n) is 0.384. The predicted octanol–water partition coefficient (Wildman–Crippen LogP) is 2.04. The first-order valence-corrected chi connectivity index (χ1v) is 3.29. The van der Waals surface area contributed by atoms with Crippen molar-refractivity contribution in [2.45, 2.75) is 12.8 Å². The van der Waals surface area contributed by atoms with Crippen LogP contribution in [-0.2, 0) is 0 Å². The predicted molar refractivity (Wildman–Crippen MR) is 33.5 cm³/mol. The minimum absolute atomic E-state index is 1.09. The maximum atomic E-state index is 3.67. The van der Waals surface area contributed by atoms with Crippen LogP contribution in [0.3, 0.4) is 0 Å².